The second kappa shape index (κ2) is 12.9. The van der Waals surface area contributed by atoms with Crippen LogP contribution < -0.4 is 21.8 Å². The number of pyridine rings is 2. The molecular formula is C43H38N8. The number of amidine groups is 1. The number of para-hydroxylation sites is 1. The van der Waals surface area contributed by atoms with Crippen molar-refractivity contribution in [1.29, 1.82) is 0 Å². The highest BCUT2D eigenvalue weighted by Crippen LogP contribution is 2.50. The van der Waals surface area contributed by atoms with Gasteiger partial charge in [0, 0.05) is 70.7 Å². The molecule has 3 aromatic carbocycles. The second-order valence-electron chi connectivity index (χ2n) is 13.3. The van der Waals surface area contributed by atoms with Crippen molar-refractivity contribution in [2.45, 2.75) is 32.0 Å². The summed E-state index contributed by atoms with van der Waals surface area (Å²) in [5.41, 5.74) is 19.3. The molecule has 2 atom stereocenters. The smallest absolute Gasteiger partial charge is 0.129 e. The van der Waals surface area contributed by atoms with Crippen LogP contribution >= 0.6 is 0 Å². The number of allylic oxidation sites excluding steroid dienone is 7. The maximum Gasteiger partial charge on any atom is 0.129 e. The first-order chi connectivity index (χ1) is 25.1. The third-order valence-corrected chi connectivity index (χ3v) is 10.3. The van der Waals surface area contributed by atoms with Crippen LogP contribution in [-0.4, -0.2) is 20.5 Å². The zero-order chi connectivity index (χ0) is 34.3. The normalized spacial score (nSPS) is 17.8. The third-order valence-electron chi connectivity index (χ3n) is 10.3. The van der Waals surface area contributed by atoms with Crippen LogP contribution in [0, 0.1) is 5.92 Å². The fourth-order valence-electron chi connectivity index (χ4n) is 7.82. The van der Waals surface area contributed by atoms with Gasteiger partial charge in [-0.05, 0) is 102 Å². The van der Waals surface area contributed by atoms with Crippen LogP contribution in [-0.2, 0) is 6.54 Å². The molecule has 6 aromatic rings. The molecule has 0 spiro atoms. The maximum atomic E-state index is 6.57. The van der Waals surface area contributed by atoms with Crippen molar-refractivity contribution in [2.75, 3.05) is 10.7 Å². The number of nitrogen functional groups attached to an aromatic ring is 1. The van der Waals surface area contributed by atoms with Gasteiger partial charge in [0.05, 0.1) is 11.0 Å². The van der Waals surface area contributed by atoms with Crippen LogP contribution in [0.25, 0.3) is 27.4 Å². The standard InChI is InChI=1S/C43H38N8/c44-42(32-10-7-21-47-27-32)49-43(48-26-28-8-6-20-46-25-28)31-9-5-11-33(22-31)50-38-14-3-1-12-34(38)36-23-29(16-18-39(36)50)30-17-19-41-37(24-30)35-13-2-4-15-40(35)51(41)45/h1-2,4-13,15-22,24-25,27,36,43,48H,3,14,23,26,45H2,(H2,44,49). The highest BCUT2D eigenvalue weighted by Gasteiger charge is 2.38. The number of benzene rings is 3. The molecule has 2 aliphatic carbocycles. The topological polar surface area (TPSA) is 110 Å². The van der Waals surface area contributed by atoms with Gasteiger partial charge in [0.25, 0.3) is 0 Å². The predicted molar refractivity (Wildman–Crippen MR) is 207 cm³/mol. The maximum absolute atomic E-state index is 6.57. The van der Waals surface area contributed by atoms with E-state index in [-0.39, 0.29) is 12.1 Å². The molecule has 0 fully saturated rings. The van der Waals surface area contributed by atoms with E-state index in [0.29, 0.717) is 12.4 Å². The van der Waals surface area contributed by atoms with E-state index in [1.807, 2.05) is 30.5 Å². The Hall–Kier alpha value is -6.25. The molecule has 0 saturated heterocycles. The monoisotopic (exact) mass is 666 g/mol. The molecule has 2 unspecified atom stereocenters. The summed E-state index contributed by atoms with van der Waals surface area (Å²) in [6.07, 6.45) is 19.0. The summed E-state index contributed by atoms with van der Waals surface area (Å²) in [5, 5.41) is 5.99. The molecule has 0 amide bonds. The summed E-state index contributed by atoms with van der Waals surface area (Å²) in [4.78, 5) is 16.0. The Balaban J connectivity index is 1.08. The highest BCUT2D eigenvalue weighted by atomic mass is 15.3. The lowest BCUT2D eigenvalue weighted by Gasteiger charge is -2.29. The van der Waals surface area contributed by atoms with Crippen molar-refractivity contribution in [3.63, 3.8) is 0 Å². The molecule has 0 saturated carbocycles. The molecule has 1 aliphatic heterocycles. The highest BCUT2D eigenvalue weighted by molar-refractivity contribution is 6.09. The molecular weight excluding hydrogens is 629 g/mol. The summed E-state index contributed by atoms with van der Waals surface area (Å²) >= 11 is 0. The van der Waals surface area contributed by atoms with Crippen LogP contribution in [0.4, 0.5) is 5.69 Å². The Morgan fingerprint density at radius 3 is 2.61 bits per heavy atom. The van der Waals surface area contributed by atoms with Gasteiger partial charge in [-0.15, -0.1) is 0 Å². The van der Waals surface area contributed by atoms with Crippen LogP contribution in [0.3, 0.4) is 0 Å². The first-order valence-corrected chi connectivity index (χ1v) is 17.5. The average Bonchev–Trinajstić information content (AvgIpc) is 3.68. The molecule has 9 rings (SSSR count). The van der Waals surface area contributed by atoms with E-state index in [1.54, 1.807) is 23.3 Å². The Morgan fingerprint density at radius 1 is 0.882 bits per heavy atom. The van der Waals surface area contributed by atoms with E-state index in [0.717, 1.165) is 52.7 Å². The number of nitrogens with zero attached hydrogens (tertiary/aromatic N) is 5. The van der Waals surface area contributed by atoms with Crippen molar-refractivity contribution in [2.24, 2.45) is 16.6 Å². The minimum Gasteiger partial charge on any atom is -0.383 e. The van der Waals surface area contributed by atoms with E-state index in [9.17, 15) is 0 Å². The number of anilines is 1. The Kier molecular flexibility index (Phi) is 7.78. The van der Waals surface area contributed by atoms with E-state index >= 15 is 0 Å². The number of nitrogens with one attached hydrogen (secondary N) is 1. The fraction of sp³-hybridized carbons (Fsp3) is 0.140. The lowest BCUT2D eigenvalue weighted by Crippen LogP contribution is -2.25. The molecule has 4 heterocycles. The number of aliphatic imine (C=N–C) groups is 1. The van der Waals surface area contributed by atoms with Crippen molar-refractivity contribution >= 4 is 38.9 Å². The Labute approximate surface area is 296 Å². The lowest BCUT2D eigenvalue weighted by molar-refractivity contribution is 0.553. The number of rotatable bonds is 8. The summed E-state index contributed by atoms with van der Waals surface area (Å²) in [6, 6.07) is 31.5. The van der Waals surface area contributed by atoms with E-state index < -0.39 is 0 Å². The zero-order valence-electron chi connectivity index (χ0n) is 28.2. The number of nitrogens with two attached hydrogens (primary N) is 2. The summed E-state index contributed by atoms with van der Waals surface area (Å²) in [7, 11) is 0. The summed E-state index contributed by atoms with van der Waals surface area (Å²) in [6.45, 7) is 0.592. The van der Waals surface area contributed by atoms with Gasteiger partial charge in [0.15, 0.2) is 0 Å². The molecule has 0 radical (unpaired) electrons. The average molecular weight is 667 g/mol. The van der Waals surface area contributed by atoms with Gasteiger partial charge < -0.3 is 16.5 Å². The van der Waals surface area contributed by atoms with Crippen molar-refractivity contribution in [1.82, 2.24) is 20.0 Å². The number of hydrogen-bond donors (Lipinski definition) is 3. The molecule has 51 heavy (non-hydrogen) atoms. The molecule has 8 nitrogen and oxygen atoms in total. The molecule has 250 valence electrons. The summed E-state index contributed by atoms with van der Waals surface area (Å²) in [5.74, 6) is 7.19. The number of aromatic nitrogens is 3. The van der Waals surface area contributed by atoms with Crippen LogP contribution in [0.5, 0.6) is 0 Å². The molecule has 8 heteroatoms. The fourth-order valence-corrected chi connectivity index (χ4v) is 7.82. The van der Waals surface area contributed by atoms with Gasteiger partial charge in [-0.3, -0.25) is 20.0 Å². The largest absolute Gasteiger partial charge is 0.383 e. The molecule has 0 bridgehead atoms. The van der Waals surface area contributed by atoms with E-state index in [1.165, 1.54) is 38.9 Å². The lowest BCUT2D eigenvalue weighted by atomic mass is 9.83. The van der Waals surface area contributed by atoms with Gasteiger partial charge in [-0.1, -0.05) is 60.7 Å². The number of fused-ring (bicyclic) bond motifs is 5. The minimum absolute atomic E-state index is 0.269. The quantitative estimate of drug-likeness (QED) is 0.0866. The zero-order valence-corrected chi connectivity index (χ0v) is 28.2. The molecule has 5 N–H and O–H groups in total. The first-order valence-electron chi connectivity index (χ1n) is 17.5. The Bertz CT molecular complexity index is 2430. The number of hydrogen-bond acceptors (Lipinski definition) is 6. The van der Waals surface area contributed by atoms with Gasteiger partial charge in [-0.2, -0.15) is 0 Å². The van der Waals surface area contributed by atoms with Crippen molar-refractivity contribution in [3.05, 3.63) is 179 Å². The van der Waals surface area contributed by atoms with E-state index in [2.05, 4.69) is 111 Å². The first kappa shape index (κ1) is 30.8. The Morgan fingerprint density at radius 2 is 1.75 bits per heavy atom. The predicted octanol–water partition coefficient (Wildman–Crippen LogP) is 7.90. The second-order valence-corrected chi connectivity index (χ2v) is 13.3. The van der Waals surface area contributed by atoms with Crippen LogP contribution in [0.2, 0.25) is 0 Å². The molecule has 3 aliphatic rings. The van der Waals surface area contributed by atoms with E-state index in [4.69, 9.17) is 16.6 Å². The van der Waals surface area contributed by atoms with Crippen molar-refractivity contribution < 1.29 is 0 Å². The van der Waals surface area contributed by atoms with Gasteiger partial charge in [0.1, 0.15) is 12.0 Å². The van der Waals surface area contributed by atoms with Gasteiger partial charge in [0.2, 0.25) is 0 Å². The molecule has 3 aromatic heterocycles. The summed E-state index contributed by atoms with van der Waals surface area (Å²) < 4.78 is 1.80. The van der Waals surface area contributed by atoms with Gasteiger partial charge in [-0.25, -0.2) is 4.99 Å². The van der Waals surface area contributed by atoms with Crippen LogP contribution in [0.15, 0.2) is 162 Å². The van der Waals surface area contributed by atoms with Gasteiger partial charge >= 0.3 is 0 Å². The minimum atomic E-state index is -0.385. The van der Waals surface area contributed by atoms with Crippen molar-refractivity contribution in [3.8, 4) is 0 Å². The third kappa shape index (κ3) is 5.59. The van der Waals surface area contributed by atoms with Crippen LogP contribution in [0.1, 0.15) is 47.7 Å². The SMILES string of the molecule is NC(=NC(NCc1cccnc1)c1cccc(N2C3=CC=C(c4ccc5c(c4)c4ccccc4n5N)CC3C3=C2CCC=C3)c1)c1cccnc1.